The molecule has 0 atom stereocenters. The van der Waals surface area contributed by atoms with E-state index in [0.717, 1.165) is 15.8 Å². The van der Waals surface area contributed by atoms with Gasteiger partial charge in [0.15, 0.2) is 0 Å². The zero-order valence-corrected chi connectivity index (χ0v) is 14.2. The van der Waals surface area contributed by atoms with Crippen molar-refractivity contribution in [1.82, 2.24) is 0 Å². The van der Waals surface area contributed by atoms with Crippen molar-refractivity contribution in [2.75, 3.05) is 5.32 Å². The predicted molar refractivity (Wildman–Crippen MR) is 85.8 cm³/mol. The Kier molecular flexibility index (Phi) is 4.62. The minimum Gasteiger partial charge on any atom is -0.477 e. The maximum absolute atomic E-state index is 12.2. The highest BCUT2D eigenvalue weighted by atomic mass is 79.9. The Bertz CT molecular complexity index is 697. The zero-order chi connectivity index (χ0) is 14.9. The van der Waals surface area contributed by atoms with Gasteiger partial charge in [-0.2, -0.15) is 0 Å². The summed E-state index contributed by atoms with van der Waals surface area (Å²) in [6.07, 6.45) is 0. The Morgan fingerprint density at radius 3 is 2.55 bits per heavy atom. The number of halogens is 2. The van der Waals surface area contributed by atoms with Gasteiger partial charge in [-0.05, 0) is 52.7 Å². The summed E-state index contributed by atoms with van der Waals surface area (Å²) in [5.41, 5.74) is 1.11. The highest BCUT2D eigenvalue weighted by Gasteiger charge is 2.16. The van der Waals surface area contributed by atoms with Crippen LogP contribution in [0.1, 0.15) is 25.6 Å². The van der Waals surface area contributed by atoms with Crippen LogP contribution in [0, 0.1) is 6.92 Å². The van der Waals surface area contributed by atoms with E-state index in [4.69, 9.17) is 5.11 Å². The van der Waals surface area contributed by atoms with E-state index < -0.39 is 5.97 Å². The third-order valence-electron chi connectivity index (χ3n) is 2.52. The molecule has 2 rings (SSSR count). The lowest BCUT2D eigenvalue weighted by Crippen LogP contribution is -2.11. The van der Waals surface area contributed by atoms with Crippen LogP contribution < -0.4 is 5.32 Å². The Labute approximate surface area is 136 Å². The summed E-state index contributed by atoms with van der Waals surface area (Å²) in [7, 11) is 0. The van der Waals surface area contributed by atoms with E-state index in [1.54, 1.807) is 25.1 Å². The number of hydrogen-bond acceptors (Lipinski definition) is 3. The van der Waals surface area contributed by atoms with Gasteiger partial charge >= 0.3 is 5.97 Å². The molecular weight excluding hydrogens is 410 g/mol. The largest absolute Gasteiger partial charge is 0.477 e. The number of rotatable bonds is 3. The van der Waals surface area contributed by atoms with E-state index in [0.29, 0.717) is 20.6 Å². The quantitative estimate of drug-likeness (QED) is 0.769. The van der Waals surface area contributed by atoms with Crippen LogP contribution in [0.15, 0.2) is 33.2 Å². The molecule has 0 unspecified atom stereocenters. The van der Waals surface area contributed by atoms with E-state index in [1.165, 1.54) is 0 Å². The Hall–Kier alpha value is -1.18. The first-order valence-electron chi connectivity index (χ1n) is 5.48. The molecule has 0 radical (unpaired) electrons. The molecule has 1 heterocycles. The van der Waals surface area contributed by atoms with Crippen molar-refractivity contribution < 1.29 is 14.7 Å². The monoisotopic (exact) mass is 417 g/mol. The average molecular weight is 419 g/mol. The molecule has 0 aliphatic heterocycles. The molecule has 0 spiro atoms. The Balaban J connectivity index is 2.26. The van der Waals surface area contributed by atoms with Crippen molar-refractivity contribution in [1.29, 1.82) is 0 Å². The average Bonchev–Trinajstić information content (AvgIpc) is 2.73. The van der Waals surface area contributed by atoms with Gasteiger partial charge in [-0.25, -0.2) is 4.79 Å². The fourth-order valence-electron chi connectivity index (χ4n) is 1.61. The SMILES string of the molecule is Cc1cc(NC(=O)c2cc(Br)ccc2Br)sc1C(=O)O. The maximum atomic E-state index is 12.2. The lowest BCUT2D eigenvalue weighted by atomic mass is 10.2. The molecular formula is C13H9Br2NO3S. The summed E-state index contributed by atoms with van der Waals surface area (Å²) >= 11 is 7.67. The van der Waals surface area contributed by atoms with Gasteiger partial charge in [0, 0.05) is 8.95 Å². The number of thiophene rings is 1. The molecule has 0 aliphatic carbocycles. The van der Waals surface area contributed by atoms with Gasteiger partial charge in [-0.3, -0.25) is 4.79 Å². The summed E-state index contributed by atoms with van der Waals surface area (Å²) in [6, 6.07) is 6.93. The highest BCUT2D eigenvalue weighted by Crippen LogP contribution is 2.28. The number of nitrogens with one attached hydrogen (secondary N) is 1. The van der Waals surface area contributed by atoms with Crippen molar-refractivity contribution >= 4 is 60.1 Å². The summed E-state index contributed by atoms with van der Waals surface area (Å²) in [5, 5.41) is 12.2. The fourth-order valence-corrected chi connectivity index (χ4v) is 3.30. The molecule has 0 fully saturated rings. The van der Waals surface area contributed by atoms with Crippen molar-refractivity contribution in [2.45, 2.75) is 6.92 Å². The second-order valence-electron chi connectivity index (χ2n) is 4.01. The fraction of sp³-hybridized carbons (Fsp3) is 0.0769. The van der Waals surface area contributed by atoms with Crippen LogP contribution in [0.5, 0.6) is 0 Å². The van der Waals surface area contributed by atoms with Crippen molar-refractivity contribution in [3.63, 3.8) is 0 Å². The first-order chi connectivity index (χ1) is 9.38. The molecule has 4 nitrogen and oxygen atoms in total. The number of benzene rings is 1. The number of carboxylic acid groups (broad SMARTS) is 1. The van der Waals surface area contributed by atoms with E-state index in [2.05, 4.69) is 37.2 Å². The van der Waals surface area contributed by atoms with Crippen LogP contribution in [-0.2, 0) is 0 Å². The minimum absolute atomic E-state index is 0.230. The van der Waals surface area contributed by atoms with Crippen LogP contribution in [0.2, 0.25) is 0 Å². The van der Waals surface area contributed by atoms with Gasteiger partial charge in [0.25, 0.3) is 5.91 Å². The van der Waals surface area contributed by atoms with Crippen LogP contribution in [-0.4, -0.2) is 17.0 Å². The molecule has 0 saturated heterocycles. The smallest absolute Gasteiger partial charge is 0.346 e. The van der Waals surface area contributed by atoms with Crippen LogP contribution >= 0.6 is 43.2 Å². The van der Waals surface area contributed by atoms with Crippen molar-refractivity contribution in [2.24, 2.45) is 0 Å². The van der Waals surface area contributed by atoms with Gasteiger partial charge in [0.1, 0.15) is 4.88 Å². The molecule has 1 aromatic heterocycles. The number of carbonyl (C=O) groups excluding carboxylic acids is 1. The number of amides is 1. The van der Waals surface area contributed by atoms with Crippen LogP contribution in [0.3, 0.4) is 0 Å². The first-order valence-corrected chi connectivity index (χ1v) is 7.89. The molecule has 20 heavy (non-hydrogen) atoms. The number of aryl methyl sites for hydroxylation is 1. The minimum atomic E-state index is -0.989. The topological polar surface area (TPSA) is 66.4 Å². The second-order valence-corrected chi connectivity index (χ2v) is 6.83. The summed E-state index contributed by atoms with van der Waals surface area (Å²) in [4.78, 5) is 23.4. The first kappa shape index (κ1) is 15.2. The molecule has 0 saturated carbocycles. The standard InChI is InChI=1S/C13H9Br2NO3S/c1-6-4-10(20-11(6)13(18)19)16-12(17)8-5-7(14)2-3-9(8)15/h2-5H,1H3,(H,16,17)(H,18,19). The maximum Gasteiger partial charge on any atom is 0.346 e. The third-order valence-corrected chi connectivity index (χ3v) is 4.85. The molecule has 0 bridgehead atoms. The Morgan fingerprint density at radius 2 is 1.95 bits per heavy atom. The molecule has 104 valence electrons. The molecule has 1 aromatic carbocycles. The van der Waals surface area contributed by atoms with E-state index in [9.17, 15) is 9.59 Å². The molecule has 7 heteroatoms. The number of hydrogen-bond donors (Lipinski definition) is 2. The van der Waals surface area contributed by atoms with Gasteiger partial charge in [0.05, 0.1) is 10.6 Å². The number of carbonyl (C=O) groups is 2. The summed E-state index contributed by atoms with van der Waals surface area (Å²) < 4.78 is 1.46. The number of anilines is 1. The van der Waals surface area contributed by atoms with Crippen molar-refractivity contribution in [3.05, 3.63) is 49.2 Å². The number of aromatic carboxylic acids is 1. The van der Waals surface area contributed by atoms with Gasteiger partial charge in [0.2, 0.25) is 0 Å². The summed E-state index contributed by atoms with van der Waals surface area (Å²) in [5.74, 6) is -1.28. The van der Waals surface area contributed by atoms with Gasteiger partial charge in [-0.15, -0.1) is 11.3 Å². The zero-order valence-electron chi connectivity index (χ0n) is 10.2. The van der Waals surface area contributed by atoms with E-state index in [-0.39, 0.29) is 10.8 Å². The van der Waals surface area contributed by atoms with Crippen LogP contribution in [0.25, 0.3) is 0 Å². The number of carboxylic acids is 1. The Morgan fingerprint density at radius 1 is 1.25 bits per heavy atom. The molecule has 2 aromatic rings. The summed E-state index contributed by atoms with van der Waals surface area (Å²) in [6.45, 7) is 1.70. The van der Waals surface area contributed by atoms with Crippen LogP contribution in [0.4, 0.5) is 5.00 Å². The van der Waals surface area contributed by atoms with Crippen molar-refractivity contribution in [3.8, 4) is 0 Å². The highest BCUT2D eigenvalue weighted by molar-refractivity contribution is 9.11. The van der Waals surface area contributed by atoms with E-state index >= 15 is 0 Å². The van der Waals surface area contributed by atoms with E-state index in [1.807, 2.05) is 6.07 Å². The third kappa shape index (κ3) is 3.28. The van der Waals surface area contributed by atoms with Gasteiger partial charge in [-0.1, -0.05) is 15.9 Å². The lowest BCUT2D eigenvalue weighted by Gasteiger charge is -2.05. The predicted octanol–water partition coefficient (Wildman–Crippen LogP) is 4.53. The molecule has 0 aliphatic rings. The second kappa shape index (κ2) is 6.07. The molecule has 1 amide bonds. The molecule has 2 N–H and O–H groups in total. The van der Waals surface area contributed by atoms with Gasteiger partial charge < -0.3 is 10.4 Å². The lowest BCUT2D eigenvalue weighted by molar-refractivity contribution is 0.0701. The normalized spacial score (nSPS) is 10.3.